The Hall–Kier alpha value is -1.72. The molecule has 0 aromatic heterocycles. The van der Waals surface area contributed by atoms with Gasteiger partial charge in [-0.15, -0.1) is 0 Å². The number of halogens is 2. The lowest BCUT2D eigenvalue weighted by atomic mass is 9.83. The van der Waals surface area contributed by atoms with Crippen molar-refractivity contribution in [1.29, 1.82) is 0 Å². The van der Waals surface area contributed by atoms with Crippen molar-refractivity contribution < 1.29 is 13.7 Å². The Morgan fingerprint density at radius 1 is 1.30 bits per heavy atom. The molecule has 0 heterocycles. The molecule has 20 heavy (non-hydrogen) atoms. The SMILES string of the molecule is CCC1CCCCC1Nc1c(F)cc([N+](=O)[O-])cc1F. The van der Waals surface area contributed by atoms with Crippen LogP contribution in [-0.2, 0) is 0 Å². The second-order valence-electron chi connectivity index (χ2n) is 5.25. The second-order valence-corrected chi connectivity index (χ2v) is 5.25. The highest BCUT2D eigenvalue weighted by molar-refractivity contribution is 5.52. The van der Waals surface area contributed by atoms with E-state index in [9.17, 15) is 18.9 Å². The van der Waals surface area contributed by atoms with Crippen molar-refractivity contribution in [3.63, 3.8) is 0 Å². The van der Waals surface area contributed by atoms with Gasteiger partial charge in [0.2, 0.25) is 0 Å². The highest BCUT2D eigenvalue weighted by Crippen LogP contribution is 2.32. The summed E-state index contributed by atoms with van der Waals surface area (Å²) >= 11 is 0. The number of nitrogens with one attached hydrogen (secondary N) is 1. The van der Waals surface area contributed by atoms with E-state index in [1.165, 1.54) is 0 Å². The number of hydrogen-bond donors (Lipinski definition) is 1. The number of nitro groups is 1. The number of benzene rings is 1. The molecule has 0 aliphatic heterocycles. The van der Waals surface area contributed by atoms with E-state index in [0.29, 0.717) is 5.92 Å². The predicted octanol–water partition coefficient (Wildman–Crippen LogP) is 4.25. The van der Waals surface area contributed by atoms with E-state index in [-0.39, 0.29) is 11.7 Å². The zero-order valence-corrected chi connectivity index (χ0v) is 11.4. The average Bonchev–Trinajstić information content (AvgIpc) is 2.42. The fourth-order valence-corrected chi connectivity index (χ4v) is 2.87. The summed E-state index contributed by atoms with van der Waals surface area (Å²) in [5, 5.41) is 13.5. The van der Waals surface area contributed by atoms with Gasteiger partial charge < -0.3 is 5.32 Å². The van der Waals surface area contributed by atoms with E-state index in [0.717, 1.165) is 44.2 Å². The number of rotatable bonds is 4. The minimum absolute atomic E-state index is 0.0270. The van der Waals surface area contributed by atoms with Crippen molar-refractivity contribution in [1.82, 2.24) is 0 Å². The molecule has 0 spiro atoms. The van der Waals surface area contributed by atoms with Crippen molar-refractivity contribution in [2.45, 2.75) is 45.1 Å². The number of anilines is 1. The van der Waals surface area contributed by atoms with Crippen LogP contribution in [0.15, 0.2) is 12.1 Å². The van der Waals surface area contributed by atoms with Crippen molar-refractivity contribution in [2.24, 2.45) is 5.92 Å². The maximum atomic E-state index is 13.9. The zero-order chi connectivity index (χ0) is 14.7. The van der Waals surface area contributed by atoms with Crippen LogP contribution >= 0.6 is 0 Å². The van der Waals surface area contributed by atoms with Gasteiger partial charge >= 0.3 is 0 Å². The Morgan fingerprint density at radius 3 is 2.45 bits per heavy atom. The van der Waals surface area contributed by atoms with Crippen molar-refractivity contribution in [3.8, 4) is 0 Å². The van der Waals surface area contributed by atoms with Gasteiger partial charge in [-0.2, -0.15) is 0 Å². The smallest absolute Gasteiger partial charge is 0.275 e. The first-order valence-corrected chi connectivity index (χ1v) is 6.93. The summed E-state index contributed by atoms with van der Waals surface area (Å²) in [7, 11) is 0. The highest BCUT2D eigenvalue weighted by Gasteiger charge is 2.26. The van der Waals surface area contributed by atoms with E-state index >= 15 is 0 Å². The third kappa shape index (κ3) is 3.05. The minimum atomic E-state index is -0.905. The van der Waals surface area contributed by atoms with Gasteiger partial charge in [0, 0.05) is 6.04 Å². The molecule has 1 aromatic rings. The maximum absolute atomic E-state index is 13.9. The summed E-state index contributed by atoms with van der Waals surface area (Å²) in [5.41, 5.74) is -0.817. The lowest BCUT2D eigenvalue weighted by Crippen LogP contribution is -2.32. The monoisotopic (exact) mass is 284 g/mol. The van der Waals surface area contributed by atoms with Crippen LogP contribution in [0.5, 0.6) is 0 Å². The van der Waals surface area contributed by atoms with E-state index in [4.69, 9.17) is 0 Å². The molecule has 1 fully saturated rings. The molecule has 2 atom stereocenters. The molecule has 4 nitrogen and oxygen atoms in total. The molecular formula is C14H18F2N2O2. The van der Waals surface area contributed by atoms with Gasteiger partial charge in [-0.1, -0.05) is 26.2 Å². The lowest BCUT2D eigenvalue weighted by molar-refractivity contribution is -0.385. The van der Waals surface area contributed by atoms with Gasteiger partial charge in [0.15, 0.2) is 11.6 Å². The maximum Gasteiger partial charge on any atom is 0.275 e. The summed E-state index contributed by atoms with van der Waals surface area (Å²) in [6.07, 6.45) is 5.04. The van der Waals surface area contributed by atoms with E-state index in [1.54, 1.807) is 0 Å². The summed E-state index contributed by atoms with van der Waals surface area (Å²) in [6, 6.07) is 1.55. The van der Waals surface area contributed by atoms with Crippen LogP contribution in [0.25, 0.3) is 0 Å². The van der Waals surface area contributed by atoms with Crippen LogP contribution in [0.4, 0.5) is 20.2 Å². The largest absolute Gasteiger partial charge is 0.377 e. The number of nitrogens with zero attached hydrogens (tertiary/aromatic N) is 1. The van der Waals surface area contributed by atoms with Crippen molar-refractivity contribution >= 4 is 11.4 Å². The first kappa shape index (κ1) is 14.7. The predicted molar refractivity (Wildman–Crippen MR) is 72.7 cm³/mol. The standard InChI is InChI=1S/C14H18F2N2O2/c1-2-9-5-3-4-6-13(9)17-14-11(15)7-10(18(19)20)8-12(14)16/h7-9,13,17H,2-6H2,1H3. The average molecular weight is 284 g/mol. The van der Waals surface area contributed by atoms with Gasteiger partial charge in [-0.3, -0.25) is 10.1 Å². The summed E-state index contributed by atoms with van der Waals surface area (Å²) in [6.45, 7) is 2.06. The molecule has 1 aromatic carbocycles. The van der Waals surface area contributed by atoms with Crippen LogP contribution in [0, 0.1) is 27.7 Å². The Bertz CT molecular complexity index is 485. The van der Waals surface area contributed by atoms with Gasteiger partial charge in [0.05, 0.1) is 17.1 Å². The molecule has 1 saturated carbocycles. The molecule has 0 radical (unpaired) electrons. The van der Waals surface area contributed by atoms with Gasteiger partial charge in [0.1, 0.15) is 5.69 Å². The molecule has 1 aliphatic rings. The quantitative estimate of drug-likeness (QED) is 0.664. The van der Waals surface area contributed by atoms with Crippen molar-refractivity contribution in [2.75, 3.05) is 5.32 Å². The van der Waals surface area contributed by atoms with Crippen LogP contribution in [0.3, 0.4) is 0 Å². The topological polar surface area (TPSA) is 55.2 Å². The van der Waals surface area contributed by atoms with Gasteiger partial charge in [-0.25, -0.2) is 8.78 Å². The third-order valence-corrected chi connectivity index (χ3v) is 4.00. The fraction of sp³-hybridized carbons (Fsp3) is 0.571. The summed E-state index contributed by atoms with van der Waals surface area (Å²) < 4.78 is 27.7. The summed E-state index contributed by atoms with van der Waals surface area (Å²) in [5.74, 6) is -1.42. The lowest BCUT2D eigenvalue weighted by Gasteiger charge is -2.32. The van der Waals surface area contributed by atoms with E-state index in [1.807, 2.05) is 0 Å². The fourth-order valence-electron chi connectivity index (χ4n) is 2.87. The Balaban J connectivity index is 2.22. The number of nitro benzene ring substituents is 1. The summed E-state index contributed by atoms with van der Waals surface area (Å²) in [4.78, 5) is 9.76. The van der Waals surface area contributed by atoms with Crippen LogP contribution in [0.2, 0.25) is 0 Å². The first-order chi connectivity index (χ1) is 9.52. The van der Waals surface area contributed by atoms with Crippen LogP contribution in [0.1, 0.15) is 39.0 Å². The molecule has 1 aliphatic carbocycles. The minimum Gasteiger partial charge on any atom is -0.377 e. The van der Waals surface area contributed by atoms with Gasteiger partial charge in [0.25, 0.3) is 5.69 Å². The van der Waals surface area contributed by atoms with E-state index in [2.05, 4.69) is 12.2 Å². The molecule has 0 amide bonds. The molecule has 1 N–H and O–H groups in total. The first-order valence-electron chi connectivity index (χ1n) is 6.93. The highest BCUT2D eigenvalue weighted by atomic mass is 19.1. The Labute approximate surface area is 116 Å². The van der Waals surface area contributed by atoms with Crippen molar-refractivity contribution in [3.05, 3.63) is 33.9 Å². The Kier molecular flexibility index (Phi) is 4.52. The zero-order valence-electron chi connectivity index (χ0n) is 11.4. The number of non-ortho nitro benzene ring substituents is 1. The van der Waals surface area contributed by atoms with Crippen LogP contribution in [-0.4, -0.2) is 11.0 Å². The van der Waals surface area contributed by atoms with Crippen LogP contribution < -0.4 is 5.32 Å². The molecule has 0 bridgehead atoms. The van der Waals surface area contributed by atoms with Gasteiger partial charge in [-0.05, 0) is 18.8 Å². The molecule has 2 rings (SSSR count). The Morgan fingerprint density at radius 2 is 1.90 bits per heavy atom. The molecule has 0 saturated heterocycles. The second kappa shape index (κ2) is 6.15. The third-order valence-electron chi connectivity index (χ3n) is 4.00. The normalized spacial score (nSPS) is 22.6. The molecule has 6 heteroatoms. The number of hydrogen-bond acceptors (Lipinski definition) is 3. The molecular weight excluding hydrogens is 266 g/mol. The molecule has 110 valence electrons. The van der Waals surface area contributed by atoms with E-state index < -0.39 is 22.2 Å². The molecule has 2 unspecified atom stereocenters.